The Morgan fingerprint density at radius 1 is 1.11 bits per heavy atom. The lowest BCUT2D eigenvalue weighted by atomic mass is 9.98. The molecule has 0 aromatic heterocycles. The zero-order valence-corrected chi connectivity index (χ0v) is 11.7. The van der Waals surface area contributed by atoms with E-state index in [2.05, 4.69) is 17.6 Å². The molecule has 0 aliphatic heterocycles. The van der Waals surface area contributed by atoms with Gasteiger partial charge in [-0.1, -0.05) is 32.6 Å². The highest BCUT2D eigenvalue weighted by Crippen LogP contribution is 2.20. The molecular weight excluding hydrogens is 228 g/mol. The van der Waals surface area contributed by atoms with E-state index in [9.17, 15) is 4.79 Å². The second-order valence-electron chi connectivity index (χ2n) is 5.02. The van der Waals surface area contributed by atoms with Crippen LogP contribution in [0.5, 0.6) is 0 Å². The van der Waals surface area contributed by atoms with Gasteiger partial charge >= 0.3 is 6.03 Å². The molecule has 0 heterocycles. The van der Waals surface area contributed by atoms with E-state index in [4.69, 9.17) is 4.74 Å². The maximum Gasteiger partial charge on any atom is 0.314 e. The third-order valence-corrected chi connectivity index (χ3v) is 3.33. The number of carbonyl (C=O) groups is 1. The minimum Gasteiger partial charge on any atom is -0.378 e. The first-order valence-electron chi connectivity index (χ1n) is 7.46. The molecule has 0 atom stereocenters. The molecule has 1 fully saturated rings. The van der Waals surface area contributed by atoms with Crippen molar-refractivity contribution < 1.29 is 9.53 Å². The Hall–Kier alpha value is -0.770. The highest BCUT2D eigenvalue weighted by Gasteiger charge is 2.12. The fourth-order valence-electron chi connectivity index (χ4n) is 2.20. The van der Waals surface area contributed by atoms with Gasteiger partial charge < -0.3 is 15.4 Å². The lowest BCUT2D eigenvalue weighted by Crippen LogP contribution is -2.36. The molecule has 106 valence electrons. The summed E-state index contributed by atoms with van der Waals surface area (Å²) in [5.41, 5.74) is 0. The maximum absolute atomic E-state index is 11.3. The summed E-state index contributed by atoms with van der Waals surface area (Å²) in [5.74, 6) is 0. The first-order chi connectivity index (χ1) is 8.83. The molecule has 2 amide bonds. The molecule has 0 aromatic rings. The van der Waals surface area contributed by atoms with E-state index < -0.39 is 0 Å². The monoisotopic (exact) mass is 256 g/mol. The van der Waals surface area contributed by atoms with Crippen molar-refractivity contribution in [2.75, 3.05) is 19.7 Å². The van der Waals surface area contributed by atoms with Crippen LogP contribution in [0.1, 0.15) is 58.3 Å². The number of hydrogen-bond acceptors (Lipinski definition) is 2. The van der Waals surface area contributed by atoms with Crippen LogP contribution in [0.25, 0.3) is 0 Å². The summed E-state index contributed by atoms with van der Waals surface area (Å²) >= 11 is 0. The average Bonchev–Trinajstić information content (AvgIpc) is 2.40. The molecule has 4 nitrogen and oxygen atoms in total. The predicted molar refractivity (Wildman–Crippen MR) is 73.8 cm³/mol. The molecule has 1 rings (SSSR count). The number of carbonyl (C=O) groups excluding carboxylic acids is 1. The Labute approximate surface area is 111 Å². The van der Waals surface area contributed by atoms with Crippen LogP contribution in [-0.4, -0.2) is 31.8 Å². The molecule has 0 radical (unpaired) electrons. The van der Waals surface area contributed by atoms with Crippen molar-refractivity contribution in [2.45, 2.75) is 64.4 Å². The highest BCUT2D eigenvalue weighted by molar-refractivity contribution is 5.73. The standard InChI is InChI=1S/C14H28N2O2/c1-2-3-10-15-14(17)16-11-7-12-18-13-8-5-4-6-9-13/h13H,2-12H2,1H3,(H2,15,16,17). The lowest BCUT2D eigenvalue weighted by molar-refractivity contribution is 0.0275. The van der Waals surface area contributed by atoms with Crippen molar-refractivity contribution in [3.05, 3.63) is 0 Å². The minimum absolute atomic E-state index is 0.0545. The van der Waals surface area contributed by atoms with Gasteiger partial charge in [-0.3, -0.25) is 0 Å². The van der Waals surface area contributed by atoms with Crippen molar-refractivity contribution >= 4 is 6.03 Å². The summed E-state index contributed by atoms with van der Waals surface area (Å²) in [6, 6.07) is -0.0545. The summed E-state index contributed by atoms with van der Waals surface area (Å²) in [6.07, 6.45) is 9.92. The van der Waals surface area contributed by atoms with Crippen LogP contribution in [0.2, 0.25) is 0 Å². The molecule has 4 heteroatoms. The Kier molecular flexibility index (Phi) is 8.65. The largest absolute Gasteiger partial charge is 0.378 e. The molecular formula is C14H28N2O2. The Balaban J connectivity index is 1.86. The van der Waals surface area contributed by atoms with Crippen molar-refractivity contribution in [1.82, 2.24) is 10.6 Å². The lowest BCUT2D eigenvalue weighted by Gasteiger charge is -2.21. The highest BCUT2D eigenvalue weighted by atomic mass is 16.5. The van der Waals surface area contributed by atoms with Crippen molar-refractivity contribution in [3.8, 4) is 0 Å². The molecule has 1 saturated carbocycles. The van der Waals surface area contributed by atoms with Crippen LogP contribution in [-0.2, 0) is 4.74 Å². The van der Waals surface area contributed by atoms with Crippen LogP contribution in [0.15, 0.2) is 0 Å². The molecule has 1 aliphatic rings. The van der Waals surface area contributed by atoms with Gasteiger partial charge in [-0.25, -0.2) is 4.79 Å². The molecule has 0 spiro atoms. The average molecular weight is 256 g/mol. The molecule has 0 bridgehead atoms. The zero-order chi connectivity index (χ0) is 13.1. The molecule has 0 unspecified atom stereocenters. The van der Waals surface area contributed by atoms with E-state index in [0.717, 1.165) is 32.4 Å². The summed E-state index contributed by atoms with van der Waals surface area (Å²) in [7, 11) is 0. The third kappa shape index (κ3) is 7.54. The minimum atomic E-state index is -0.0545. The smallest absolute Gasteiger partial charge is 0.314 e. The fraction of sp³-hybridized carbons (Fsp3) is 0.929. The summed E-state index contributed by atoms with van der Waals surface area (Å²) in [4.78, 5) is 11.3. The van der Waals surface area contributed by atoms with Gasteiger partial charge in [0.15, 0.2) is 0 Å². The van der Waals surface area contributed by atoms with Crippen molar-refractivity contribution in [2.24, 2.45) is 0 Å². The SMILES string of the molecule is CCCCNC(=O)NCCCOC1CCCCC1. The van der Waals surface area contributed by atoms with E-state index in [-0.39, 0.29) is 6.03 Å². The summed E-state index contributed by atoms with van der Waals surface area (Å²) in [5, 5.41) is 5.68. The van der Waals surface area contributed by atoms with Crippen LogP contribution in [0.3, 0.4) is 0 Å². The number of unbranched alkanes of at least 4 members (excludes halogenated alkanes) is 1. The quantitative estimate of drug-likeness (QED) is 0.656. The summed E-state index contributed by atoms with van der Waals surface area (Å²) < 4.78 is 5.79. The van der Waals surface area contributed by atoms with Gasteiger partial charge in [-0.15, -0.1) is 0 Å². The van der Waals surface area contributed by atoms with Crippen LogP contribution >= 0.6 is 0 Å². The fourth-order valence-corrected chi connectivity index (χ4v) is 2.20. The first-order valence-corrected chi connectivity index (χ1v) is 7.46. The number of amides is 2. The van der Waals surface area contributed by atoms with Gasteiger partial charge in [0.05, 0.1) is 6.10 Å². The molecule has 18 heavy (non-hydrogen) atoms. The van der Waals surface area contributed by atoms with Gasteiger partial charge in [-0.05, 0) is 25.7 Å². The van der Waals surface area contributed by atoms with Crippen LogP contribution in [0.4, 0.5) is 4.79 Å². The van der Waals surface area contributed by atoms with Crippen molar-refractivity contribution in [1.29, 1.82) is 0 Å². The number of urea groups is 1. The molecule has 2 N–H and O–H groups in total. The van der Waals surface area contributed by atoms with Crippen LogP contribution < -0.4 is 10.6 Å². The topological polar surface area (TPSA) is 50.4 Å². The Bertz CT molecular complexity index is 216. The zero-order valence-electron chi connectivity index (χ0n) is 11.7. The third-order valence-electron chi connectivity index (χ3n) is 3.33. The Morgan fingerprint density at radius 2 is 1.78 bits per heavy atom. The van der Waals surface area contributed by atoms with Gasteiger partial charge in [-0.2, -0.15) is 0 Å². The number of hydrogen-bond donors (Lipinski definition) is 2. The van der Waals surface area contributed by atoms with E-state index in [1.165, 1.54) is 32.1 Å². The molecule has 0 saturated heterocycles. The van der Waals surface area contributed by atoms with Crippen molar-refractivity contribution in [3.63, 3.8) is 0 Å². The predicted octanol–water partition coefficient (Wildman–Crippen LogP) is 2.83. The maximum atomic E-state index is 11.3. The first kappa shape index (κ1) is 15.3. The Morgan fingerprint density at radius 3 is 2.44 bits per heavy atom. The van der Waals surface area contributed by atoms with Gasteiger partial charge in [0.25, 0.3) is 0 Å². The van der Waals surface area contributed by atoms with Gasteiger partial charge in [0, 0.05) is 19.7 Å². The molecule has 0 aromatic carbocycles. The van der Waals surface area contributed by atoms with Gasteiger partial charge in [0.1, 0.15) is 0 Å². The van der Waals surface area contributed by atoms with E-state index in [1.54, 1.807) is 0 Å². The van der Waals surface area contributed by atoms with E-state index in [0.29, 0.717) is 12.6 Å². The second kappa shape index (κ2) is 10.2. The van der Waals surface area contributed by atoms with Crippen LogP contribution in [0, 0.1) is 0 Å². The summed E-state index contributed by atoms with van der Waals surface area (Å²) in [6.45, 7) is 4.34. The van der Waals surface area contributed by atoms with E-state index >= 15 is 0 Å². The normalized spacial score (nSPS) is 16.5. The number of rotatable bonds is 8. The van der Waals surface area contributed by atoms with E-state index in [1.807, 2.05) is 0 Å². The second-order valence-corrected chi connectivity index (χ2v) is 5.02. The molecule has 1 aliphatic carbocycles. The number of ether oxygens (including phenoxy) is 1. The number of nitrogens with one attached hydrogen (secondary N) is 2. The van der Waals surface area contributed by atoms with Gasteiger partial charge in [0.2, 0.25) is 0 Å².